The van der Waals surface area contributed by atoms with Crippen molar-refractivity contribution in [3.05, 3.63) is 79.1 Å². The number of hydrogen-bond acceptors (Lipinski definition) is 6. The molecule has 5 rings (SSSR count). The molecule has 8 heteroatoms. The fraction of sp³-hybridized carbons (Fsp3) is 0.231. The number of fused-ring (bicyclic) bond motifs is 1. The first-order chi connectivity index (χ1) is 16.5. The third-order valence-corrected chi connectivity index (χ3v) is 6.52. The molecule has 0 saturated heterocycles. The fourth-order valence-corrected chi connectivity index (χ4v) is 4.39. The molecule has 0 unspecified atom stereocenters. The van der Waals surface area contributed by atoms with Crippen LogP contribution < -0.4 is 11.1 Å². The van der Waals surface area contributed by atoms with Gasteiger partial charge in [0.2, 0.25) is 5.91 Å². The van der Waals surface area contributed by atoms with Gasteiger partial charge in [-0.15, -0.1) is 0 Å². The van der Waals surface area contributed by atoms with Crippen molar-refractivity contribution in [2.45, 2.75) is 31.5 Å². The van der Waals surface area contributed by atoms with Crippen molar-refractivity contribution >= 4 is 28.4 Å². The van der Waals surface area contributed by atoms with Crippen LogP contribution in [0.3, 0.4) is 0 Å². The van der Waals surface area contributed by atoms with E-state index in [9.17, 15) is 4.79 Å². The van der Waals surface area contributed by atoms with Gasteiger partial charge in [-0.25, -0.2) is 14.6 Å². The number of likely N-dealkylation sites (N-methyl/N-ethyl adjacent to an activating group) is 1. The molecule has 4 aromatic rings. The van der Waals surface area contributed by atoms with Gasteiger partial charge in [0, 0.05) is 30.9 Å². The number of nitrogens with two attached hydrogens (primary N) is 1. The van der Waals surface area contributed by atoms with Gasteiger partial charge in [-0.3, -0.25) is 4.79 Å². The van der Waals surface area contributed by atoms with Gasteiger partial charge >= 0.3 is 0 Å². The van der Waals surface area contributed by atoms with E-state index in [1.807, 2.05) is 42.1 Å². The molecule has 2 aromatic carbocycles. The van der Waals surface area contributed by atoms with E-state index < -0.39 is 0 Å². The second kappa shape index (κ2) is 8.97. The van der Waals surface area contributed by atoms with Crippen LogP contribution in [-0.4, -0.2) is 43.6 Å². The summed E-state index contributed by atoms with van der Waals surface area (Å²) in [5, 5.41) is 9.10. The highest BCUT2D eigenvalue weighted by Crippen LogP contribution is 2.39. The van der Waals surface area contributed by atoms with Crippen molar-refractivity contribution in [3.63, 3.8) is 0 Å². The lowest BCUT2D eigenvalue weighted by Crippen LogP contribution is -2.45. The molecule has 172 valence electrons. The number of nitrogens with one attached hydrogen (secondary N) is 1. The number of amides is 1. The molecule has 0 spiro atoms. The predicted molar refractivity (Wildman–Crippen MR) is 134 cm³/mol. The van der Waals surface area contributed by atoms with Gasteiger partial charge in [0.05, 0.1) is 11.4 Å². The highest BCUT2D eigenvalue weighted by atomic mass is 16.2. The second-order valence-corrected chi connectivity index (χ2v) is 8.60. The topological polar surface area (TPSA) is 102 Å². The number of para-hydroxylation sites is 1. The van der Waals surface area contributed by atoms with Gasteiger partial charge in [0.25, 0.3) is 0 Å². The lowest BCUT2D eigenvalue weighted by molar-refractivity contribution is -0.129. The third kappa shape index (κ3) is 3.98. The SMILES string of the molecule is C=CC(=O)N(C)[C@H]1C[C@@H](n2nc(-c3ccc(CNc4ccccc4)cc3)c3c(N)ncnc32)C1. The van der Waals surface area contributed by atoms with E-state index in [1.165, 1.54) is 12.4 Å². The third-order valence-electron chi connectivity index (χ3n) is 6.52. The second-order valence-electron chi connectivity index (χ2n) is 8.60. The molecule has 1 amide bonds. The number of anilines is 2. The number of benzene rings is 2. The Hall–Kier alpha value is -4.20. The van der Waals surface area contributed by atoms with Crippen LogP contribution in [0, 0.1) is 0 Å². The molecule has 3 N–H and O–H groups in total. The van der Waals surface area contributed by atoms with Crippen molar-refractivity contribution < 1.29 is 4.79 Å². The normalized spacial score (nSPS) is 17.2. The van der Waals surface area contributed by atoms with Gasteiger partial charge in [0.15, 0.2) is 5.65 Å². The zero-order valence-electron chi connectivity index (χ0n) is 19.1. The minimum atomic E-state index is -0.0668. The molecule has 1 fully saturated rings. The minimum Gasteiger partial charge on any atom is -0.383 e. The van der Waals surface area contributed by atoms with Crippen LogP contribution in [0.25, 0.3) is 22.3 Å². The number of nitrogen functional groups attached to an aromatic ring is 1. The van der Waals surface area contributed by atoms with E-state index in [-0.39, 0.29) is 18.0 Å². The quantitative estimate of drug-likeness (QED) is 0.410. The number of nitrogens with zero attached hydrogens (tertiary/aromatic N) is 5. The molecule has 34 heavy (non-hydrogen) atoms. The molecule has 0 radical (unpaired) electrons. The molecular weight excluding hydrogens is 426 g/mol. The molecule has 1 saturated carbocycles. The monoisotopic (exact) mass is 453 g/mol. The largest absolute Gasteiger partial charge is 0.383 e. The molecule has 2 aromatic heterocycles. The molecule has 2 heterocycles. The first-order valence-electron chi connectivity index (χ1n) is 11.3. The Morgan fingerprint density at radius 2 is 1.91 bits per heavy atom. The average molecular weight is 454 g/mol. The lowest BCUT2D eigenvalue weighted by Gasteiger charge is -2.40. The smallest absolute Gasteiger partial charge is 0.245 e. The summed E-state index contributed by atoms with van der Waals surface area (Å²) in [5.41, 5.74) is 11.0. The first-order valence-corrected chi connectivity index (χ1v) is 11.3. The Morgan fingerprint density at radius 1 is 1.18 bits per heavy atom. The van der Waals surface area contributed by atoms with Crippen LogP contribution in [0.15, 0.2) is 73.6 Å². The average Bonchev–Trinajstić information content (AvgIpc) is 3.23. The summed E-state index contributed by atoms with van der Waals surface area (Å²) in [5.74, 6) is 0.346. The Morgan fingerprint density at radius 3 is 2.62 bits per heavy atom. The standard InChI is InChI=1S/C26H27N7O/c1-3-22(34)32(2)20-13-21(14-20)33-26-23(25(27)29-16-30-26)24(31-33)18-11-9-17(10-12-18)15-28-19-7-5-4-6-8-19/h3-12,16,20-21,28H,1,13-15H2,2H3,(H2,27,29,30)/t20-,21+. The maximum atomic E-state index is 11.9. The molecular formula is C26H27N7O. The van der Waals surface area contributed by atoms with Crippen LogP contribution in [-0.2, 0) is 11.3 Å². The number of carbonyl (C=O) groups is 1. The number of aromatic nitrogens is 4. The van der Waals surface area contributed by atoms with Gasteiger partial charge < -0.3 is 16.0 Å². The minimum absolute atomic E-state index is 0.0668. The van der Waals surface area contributed by atoms with Gasteiger partial charge in [0.1, 0.15) is 17.8 Å². The maximum absolute atomic E-state index is 11.9. The van der Waals surface area contributed by atoms with Crippen LogP contribution in [0.1, 0.15) is 24.4 Å². The highest BCUT2D eigenvalue weighted by molar-refractivity contribution is 5.98. The van der Waals surface area contributed by atoms with Crippen molar-refractivity contribution in [2.24, 2.45) is 0 Å². The van der Waals surface area contributed by atoms with E-state index >= 15 is 0 Å². The van der Waals surface area contributed by atoms with E-state index in [0.29, 0.717) is 5.82 Å². The number of rotatable bonds is 7. The Bertz CT molecular complexity index is 1320. The summed E-state index contributed by atoms with van der Waals surface area (Å²) in [4.78, 5) is 22.4. The van der Waals surface area contributed by atoms with Crippen molar-refractivity contribution in [2.75, 3.05) is 18.1 Å². The summed E-state index contributed by atoms with van der Waals surface area (Å²) >= 11 is 0. The maximum Gasteiger partial charge on any atom is 0.245 e. The highest BCUT2D eigenvalue weighted by Gasteiger charge is 2.37. The van der Waals surface area contributed by atoms with Gasteiger partial charge in [-0.2, -0.15) is 5.10 Å². The molecule has 1 aliphatic carbocycles. The molecule has 8 nitrogen and oxygen atoms in total. The van der Waals surface area contributed by atoms with Gasteiger partial charge in [-0.05, 0) is 36.6 Å². The van der Waals surface area contributed by atoms with E-state index in [1.54, 1.807) is 4.90 Å². The lowest BCUT2D eigenvalue weighted by atomic mass is 9.85. The fourth-order valence-electron chi connectivity index (χ4n) is 4.39. The number of hydrogen-bond donors (Lipinski definition) is 2. The van der Waals surface area contributed by atoms with Crippen molar-refractivity contribution in [3.8, 4) is 11.3 Å². The van der Waals surface area contributed by atoms with Crippen LogP contribution in [0.4, 0.5) is 11.5 Å². The summed E-state index contributed by atoms with van der Waals surface area (Å²) < 4.78 is 1.94. The Kier molecular flexibility index (Phi) is 5.71. The molecule has 0 atom stereocenters. The summed E-state index contributed by atoms with van der Waals surface area (Å²) in [6, 6.07) is 18.7. The summed E-state index contributed by atoms with van der Waals surface area (Å²) in [6.07, 6.45) is 4.43. The van der Waals surface area contributed by atoms with E-state index in [0.717, 1.165) is 52.9 Å². The summed E-state index contributed by atoms with van der Waals surface area (Å²) in [7, 11) is 1.81. The van der Waals surface area contributed by atoms with E-state index in [2.05, 4.69) is 46.1 Å². The molecule has 0 aliphatic heterocycles. The van der Waals surface area contributed by atoms with Crippen molar-refractivity contribution in [1.29, 1.82) is 0 Å². The van der Waals surface area contributed by atoms with Crippen LogP contribution in [0.5, 0.6) is 0 Å². The van der Waals surface area contributed by atoms with Crippen LogP contribution in [0.2, 0.25) is 0 Å². The zero-order valence-corrected chi connectivity index (χ0v) is 19.1. The zero-order chi connectivity index (χ0) is 23.7. The summed E-state index contributed by atoms with van der Waals surface area (Å²) in [6.45, 7) is 4.30. The predicted octanol–water partition coefficient (Wildman–Crippen LogP) is 4.04. The number of carbonyl (C=O) groups excluding carboxylic acids is 1. The Balaban J connectivity index is 1.39. The van der Waals surface area contributed by atoms with Crippen molar-refractivity contribution in [1.82, 2.24) is 24.6 Å². The molecule has 1 aliphatic rings. The Labute approximate surface area is 198 Å². The van der Waals surface area contributed by atoms with Crippen LogP contribution >= 0.6 is 0 Å². The molecule has 0 bridgehead atoms. The first kappa shape index (κ1) is 21.6. The van der Waals surface area contributed by atoms with E-state index in [4.69, 9.17) is 10.8 Å². The van der Waals surface area contributed by atoms with Gasteiger partial charge in [-0.1, -0.05) is 49.0 Å².